The van der Waals surface area contributed by atoms with Gasteiger partial charge in [0.1, 0.15) is 11.5 Å². The number of thiocarbonyl (C=S) groups is 1. The van der Waals surface area contributed by atoms with Crippen molar-refractivity contribution < 1.29 is 14.3 Å². The first-order valence-corrected chi connectivity index (χ1v) is 5.37. The molecule has 0 aromatic heterocycles. The predicted molar refractivity (Wildman–Crippen MR) is 68.5 cm³/mol. The maximum Gasteiger partial charge on any atom is 0.412 e. The fourth-order valence-corrected chi connectivity index (χ4v) is 1.15. The van der Waals surface area contributed by atoms with Crippen molar-refractivity contribution in [1.29, 1.82) is 0 Å². The summed E-state index contributed by atoms with van der Waals surface area (Å²) in [5, 5.41) is 5.32. The normalized spacial score (nSPS) is 9.35. The first-order valence-electron chi connectivity index (χ1n) is 4.96. The van der Waals surface area contributed by atoms with Gasteiger partial charge in [0.05, 0.1) is 0 Å². The van der Waals surface area contributed by atoms with Gasteiger partial charge in [0, 0.05) is 20.2 Å². The summed E-state index contributed by atoms with van der Waals surface area (Å²) < 4.78 is 10.3. The van der Waals surface area contributed by atoms with E-state index in [4.69, 9.17) is 21.7 Å². The smallest absolute Gasteiger partial charge is 0.412 e. The number of ether oxygens (including phenoxy) is 2. The molecule has 1 amide bonds. The number of carbonyl (C=O) groups is 1. The molecule has 6 heteroatoms. The highest BCUT2D eigenvalue weighted by Gasteiger charge is 2.07. The second kappa shape index (κ2) is 6.05. The summed E-state index contributed by atoms with van der Waals surface area (Å²) in [6, 6.07) is 5.07. The monoisotopic (exact) mass is 254 g/mol. The van der Waals surface area contributed by atoms with Gasteiger partial charge in [-0.2, -0.15) is 0 Å². The van der Waals surface area contributed by atoms with Crippen LogP contribution in [0.3, 0.4) is 0 Å². The van der Waals surface area contributed by atoms with E-state index in [0.717, 1.165) is 5.56 Å². The molecule has 0 bridgehead atoms. The molecular weight excluding hydrogens is 240 g/mol. The molecule has 92 valence electrons. The van der Waals surface area contributed by atoms with Crippen LogP contribution >= 0.6 is 12.2 Å². The van der Waals surface area contributed by atoms with Crippen molar-refractivity contribution in [2.24, 2.45) is 0 Å². The van der Waals surface area contributed by atoms with Gasteiger partial charge in [0.15, 0.2) is 0 Å². The fraction of sp³-hybridized carbons (Fsp3) is 0.273. The number of aryl methyl sites for hydroxylation is 1. The summed E-state index contributed by atoms with van der Waals surface area (Å²) in [4.78, 5) is 11.0. The Morgan fingerprint density at radius 1 is 1.24 bits per heavy atom. The molecule has 2 N–H and O–H groups in total. The van der Waals surface area contributed by atoms with Crippen molar-refractivity contribution in [3.8, 4) is 11.5 Å². The van der Waals surface area contributed by atoms with Gasteiger partial charge in [0.2, 0.25) is 0 Å². The molecule has 0 atom stereocenters. The molecule has 1 aromatic carbocycles. The first-order chi connectivity index (χ1) is 8.06. The van der Waals surface area contributed by atoms with Gasteiger partial charge in [-0.1, -0.05) is 6.07 Å². The SMILES string of the molecule is CNC(=O)Oc1ccc(C)c(OC(=S)NC)c1. The van der Waals surface area contributed by atoms with Crippen molar-refractivity contribution in [2.75, 3.05) is 14.1 Å². The minimum Gasteiger partial charge on any atom is -0.432 e. The number of benzene rings is 1. The lowest BCUT2D eigenvalue weighted by Gasteiger charge is -2.10. The highest BCUT2D eigenvalue weighted by atomic mass is 32.1. The van der Waals surface area contributed by atoms with Crippen LogP contribution in [0.2, 0.25) is 0 Å². The second-order valence-electron chi connectivity index (χ2n) is 3.21. The minimum absolute atomic E-state index is 0.255. The Labute approximate surface area is 105 Å². The standard InChI is InChI=1S/C11H14N2O3S/c1-7-4-5-8(15-10(14)12-2)6-9(7)16-11(17)13-3/h4-6H,1-3H3,(H,12,14)(H,13,17). The van der Waals surface area contributed by atoms with Crippen molar-refractivity contribution >= 4 is 23.5 Å². The number of nitrogens with one attached hydrogen (secondary N) is 2. The molecule has 0 saturated heterocycles. The van der Waals surface area contributed by atoms with Crippen LogP contribution in [0.4, 0.5) is 4.79 Å². The predicted octanol–water partition coefficient (Wildman–Crippen LogP) is 1.60. The van der Waals surface area contributed by atoms with E-state index < -0.39 is 6.09 Å². The van der Waals surface area contributed by atoms with Crippen LogP contribution < -0.4 is 20.1 Å². The van der Waals surface area contributed by atoms with Crippen LogP contribution in [0, 0.1) is 6.92 Å². The van der Waals surface area contributed by atoms with Crippen LogP contribution in [0.25, 0.3) is 0 Å². The van der Waals surface area contributed by atoms with Crippen molar-refractivity contribution in [3.63, 3.8) is 0 Å². The third-order valence-corrected chi connectivity index (χ3v) is 2.27. The number of amides is 1. The third kappa shape index (κ3) is 3.92. The van der Waals surface area contributed by atoms with Gasteiger partial charge in [-0.05, 0) is 30.8 Å². The highest BCUT2D eigenvalue weighted by molar-refractivity contribution is 7.80. The Kier molecular flexibility index (Phi) is 4.71. The van der Waals surface area contributed by atoms with Crippen molar-refractivity contribution in [1.82, 2.24) is 10.6 Å². The molecule has 0 aliphatic rings. The number of hydrogen-bond acceptors (Lipinski definition) is 4. The molecule has 0 unspecified atom stereocenters. The Hall–Kier alpha value is -1.82. The Bertz CT molecular complexity index is 435. The van der Waals surface area contributed by atoms with Crippen LogP contribution in [0.5, 0.6) is 11.5 Å². The fourth-order valence-electron chi connectivity index (χ4n) is 1.06. The van der Waals surface area contributed by atoms with Crippen LogP contribution in [0.15, 0.2) is 18.2 Å². The molecule has 0 saturated carbocycles. The van der Waals surface area contributed by atoms with Crippen molar-refractivity contribution in [3.05, 3.63) is 23.8 Å². The number of carbonyl (C=O) groups excluding carboxylic acids is 1. The molecule has 0 spiro atoms. The summed E-state index contributed by atoms with van der Waals surface area (Å²) in [7, 11) is 3.16. The molecule has 0 heterocycles. The van der Waals surface area contributed by atoms with Gasteiger partial charge in [-0.15, -0.1) is 0 Å². The average Bonchev–Trinajstić information content (AvgIpc) is 2.33. The van der Waals surface area contributed by atoms with Gasteiger partial charge < -0.3 is 20.1 Å². The maximum atomic E-state index is 11.0. The van der Waals surface area contributed by atoms with E-state index in [2.05, 4.69) is 10.6 Å². The second-order valence-corrected chi connectivity index (χ2v) is 3.58. The molecule has 0 aliphatic heterocycles. The van der Waals surface area contributed by atoms with E-state index in [1.165, 1.54) is 7.05 Å². The molecule has 5 nitrogen and oxygen atoms in total. The molecule has 0 aliphatic carbocycles. The number of rotatable bonds is 2. The zero-order chi connectivity index (χ0) is 12.8. The third-order valence-electron chi connectivity index (χ3n) is 1.98. The van der Waals surface area contributed by atoms with Gasteiger partial charge >= 0.3 is 6.09 Å². The average molecular weight is 254 g/mol. The molecule has 17 heavy (non-hydrogen) atoms. The minimum atomic E-state index is -0.531. The van der Waals surface area contributed by atoms with Gasteiger partial charge in [-0.3, -0.25) is 0 Å². The summed E-state index contributed by atoms with van der Waals surface area (Å²) in [5.74, 6) is 0.939. The van der Waals surface area contributed by atoms with E-state index in [1.54, 1.807) is 25.2 Å². The summed E-state index contributed by atoms with van der Waals surface area (Å²) in [5.41, 5.74) is 0.895. The Morgan fingerprint density at radius 3 is 2.53 bits per heavy atom. The van der Waals surface area contributed by atoms with Gasteiger partial charge in [-0.25, -0.2) is 4.79 Å². The number of hydrogen-bond donors (Lipinski definition) is 2. The lowest BCUT2D eigenvalue weighted by Crippen LogP contribution is -2.23. The molecule has 1 aromatic rings. The van der Waals surface area contributed by atoms with E-state index >= 15 is 0 Å². The first kappa shape index (κ1) is 13.2. The van der Waals surface area contributed by atoms with Crippen LogP contribution in [-0.2, 0) is 0 Å². The Morgan fingerprint density at radius 2 is 1.94 bits per heavy atom. The molecule has 0 fully saturated rings. The molecule has 0 radical (unpaired) electrons. The molecule has 1 rings (SSSR count). The Balaban J connectivity index is 2.86. The van der Waals surface area contributed by atoms with E-state index in [0.29, 0.717) is 11.5 Å². The maximum absolute atomic E-state index is 11.0. The van der Waals surface area contributed by atoms with Crippen molar-refractivity contribution in [2.45, 2.75) is 6.92 Å². The lowest BCUT2D eigenvalue weighted by molar-refractivity contribution is 0.203. The van der Waals surface area contributed by atoms with Crippen LogP contribution in [0.1, 0.15) is 5.56 Å². The quantitative estimate of drug-likeness (QED) is 0.785. The summed E-state index contributed by atoms with van der Waals surface area (Å²) in [6.07, 6.45) is -0.531. The lowest BCUT2D eigenvalue weighted by atomic mass is 10.2. The summed E-state index contributed by atoms with van der Waals surface area (Å²) in [6.45, 7) is 1.87. The summed E-state index contributed by atoms with van der Waals surface area (Å²) >= 11 is 4.90. The highest BCUT2D eigenvalue weighted by Crippen LogP contribution is 2.24. The van der Waals surface area contributed by atoms with E-state index in [9.17, 15) is 4.79 Å². The van der Waals surface area contributed by atoms with E-state index in [-0.39, 0.29) is 5.17 Å². The zero-order valence-electron chi connectivity index (χ0n) is 9.87. The zero-order valence-corrected chi connectivity index (χ0v) is 10.7. The van der Waals surface area contributed by atoms with Gasteiger partial charge in [0.25, 0.3) is 5.17 Å². The van der Waals surface area contributed by atoms with Crippen LogP contribution in [-0.4, -0.2) is 25.4 Å². The van der Waals surface area contributed by atoms with E-state index in [1.807, 2.05) is 6.92 Å². The largest absolute Gasteiger partial charge is 0.432 e. The molecular formula is C11H14N2O3S. The topological polar surface area (TPSA) is 59.6 Å².